The number of nitrogens with zero attached hydrogens (tertiary/aromatic N) is 1. The number of sulfonamides is 1. The monoisotopic (exact) mass is 302 g/mol. The van der Waals surface area contributed by atoms with E-state index in [1.54, 1.807) is 17.3 Å². The van der Waals surface area contributed by atoms with Crippen molar-refractivity contribution in [1.29, 1.82) is 0 Å². The Kier molecular flexibility index (Phi) is 4.08. The minimum absolute atomic E-state index is 0.268. The summed E-state index contributed by atoms with van der Waals surface area (Å²) in [4.78, 5) is 0.268. The molecule has 1 aromatic carbocycles. The van der Waals surface area contributed by atoms with Crippen LogP contribution < -0.4 is 5.73 Å². The van der Waals surface area contributed by atoms with Crippen molar-refractivity contribution in [2.75, 3.05) is 18.8 Å². The molecule has 0 radical (unpaired) electrons. The Hall–Kier alpha value is -0.780. The van der Waals surface area contributed by atoms with Gasteiger partial charge in [0.25, 0.3) is 0 Å². The van der Waals surface area contributed by atoms with Crippen molar-refractivity contribution in [1.82, 2.24) is 4.31 Å². The second kappa shape index (κ2) is 5.31. The van der Waals surface area contributed by atoms with Crippen molar-refractivity contribution in [3.63, 3.8) is 0 Å². The van der Waals surface area contributed by atoms with Crippen LogP contribution >= 0.6 is 11.6 Å². The van der Waals surface area contributed by atoms with Gasteiger partial charge in [-0.2, -0.15) is 4.31 Å². The number of hydrogen-bond donors (Lipinski definition) is 1. The highest BCUT2D eigenvalue weighted by atomic mass is 35.5. The SMILES string of the molecule is Cc1cc(Cl)c(N)cc1S(=O)(=O)N1CCC(C)CC1. The summed E-state index contributed by atoms with van der Waals surface area (Å²) in [6.07, 6.45) is 1.81. The molecular weight excluding hydrogens is 284 g/mol. The molecule has 1 aliphatic heterocycles. The third kappa shape index (κ3) is 2.88. The molecule has 4 nitrogen and oxygen atoms in total. The van der Waals surface area contributed by atoms with Gasteiger partial charge in [-0.15, -0.1) is 0 Å². The predicted octanol–water partition coefficient (Wildman–Crippen LogP) is 2.65. The van der Waals surface area contributed by atoms with Gasteiger partial charge < -0.3 is 5.73 Å². The van der Waals surface area contributed by atoms with Gasteiger partial charge in [0.05, 0.1) is 15.6 Å². The Morgan fingerprint density at radius 2 is 1.89 bits per heavy atom. The molecule has 106 valence electrons. The molecule has 19 heavy (non-hydrogen) atoms. The molecule has 0 aromatic heterocycles. The molecule has 1 aromatic rings. The van der Waals surface area contributed by atoms with Crippen molar-refractivity contribution >= 4 is 27.3 Å². The molecule has 1 aliphatic rings. The topological polar surface area (TPSA) is 63.4 Å². The zero-order valence-electron chi connectivity index (χ0n) is 11.2. The van der Waals surface area contributed by atoms with Crippen LogP contribution in [0.15, 0.2) is 17.0 Å². The molecule has 0 atom stereocenters. The molecule has 0 aliphatic carbocycles. The first kappa shape index (κ1) is 14.6. The van der Waals surface area contributed by atoms with Crippen molar-refractivity contribution in [3.05, 3.63) is 22.7 Å². The van der Waals surface area contributed by atoms with Crippen LogP contribution in [0.4, 0.5) is 5.69 Å². The van der Waals surface area contributed by atoms with Gasteiger partial charge in [0.1, 0.15) is 0 Å². The van der Waals surface area contributed by atoms with Crippen LogP contribution in [0.3, 0.4) is 0 Å². The standard InChI is InChI=1S/C13H19ClN2O2S/c1-9-3-5-16(6-4-9)19(17,18)13-8-12(15)11(14)7-10(13)2/h7-9H,3-6,15H2,1-2H3. The lowest BCUT2D eigenvalue weighted by Gasteiger charge is -2.30. The van der Waals surface area contributed by atoms with E-state index in [0.717, 1.165) is 12.8 Å². The summed E-state index contributed by atoms with van der Waals surface area (Å²) in [6.45, 7) is 5.04. The quantitative estimate of drug-likeness (QED) is 0.854. The summed E-state index contributed by atoms with van der Waals surface area (Å²) >= 11 is 5.91. The Bertz CT molecular complexity index is 579. The van der Waals surface area contributed by atoms with E-state index in [-0.39, 0.29) is 4.90 Å². The first-order chi connectivity index (χ1) is 8.82. The molecule has 6 heteroatoms. The molecule has 0 amide bonds. The number of rotatable bonds is 2. The number of nitrogen functional groups attached to an aromatic ring is 1. The third-order valence-electron chi connectivity index (χ3n) is 3.65. The largest absolute Gasteiger partial charge is 0.397 e. The molecule has 0 saturated carbocycles. The number of aryl methyl sites for hydroxylation is 1. The molecule has 2 rings (SSSR count). The summed E-state index contributed by atoms with van der Waals surface area (Å²) in [7, 11) is -3.46. The van der Waals surface area contributed by atoms with Crippen molar-refractivity contribution in [3.8, 4) is 0 Å². The van der Waals surface area contributed by atoms with Crippen LogP contribution in [-0.2, 0) is 10.0 Å². The maximum atomic E-state index is 12.6. The van der Waals surface area contributed by atoms with Crippen molar-refractivity contribution in [2.45, 2.75) is 31.6 Å². The molecule has 0 spiro atoms. The van der Waals surface area contributed by atoms with Gasteiger partial charge in [0.15, 0.2) is 0 Å². The van der Waals surface area contributed by atoms with Gasteiger partial charge in [-0.1, -0.05) is 18.5 Å². The Morgan fingerprint density at radius 3 is 2.47 bits per heavy atom. The van der Waals surface area contributed by atoms with Gasteiger partial charge in [0.2, 0.25) is 10.0 Å². The van der Waals surface area contributed by atoms with Crippen LogP contribution in [0.5, 0.6) is 0 Å². The van der Waals surface area contributed by atoms with Gasteiger partial charge in [-0.25, -0.2) is 8.42 Å². The highest BCUT2D eigenvalue weighted by Crippen LogP contribution is 2.30. The van der Waals surface area contributed by atoms with Gasteiger partial charge in [-0.05, 0) is 43.4 Å². The maximum Gasteiger partial charge on any atom is 0.243 e. The van der Waals surface area contributed by atoms with Crippen LogP contribution in [0.2, 0.25) is 5.02 Å². The Labute approximate surface area is 119 Å². The predicted molar refractivity (Wildman–Crippen MR) is 77.8 cm³/mol. The zero-order chi connectivity index (χ0) is 14.2. The summed E-state index contributed by atoms with van der Waals surface area (Å²) in [5.74, 6) is 0.586. The Balaban J connectivity index is 2.37. The minimum atomic E-state index is -3.46. The van der Waals surface area contributed by atoms with Crippen molar-refractivity contribution < 1.29 is 8.42 Å². The second-order valence-electron chi connectivity index (χ2n) is 5.23. The van der Waals surface area contributed by atoms with E-state index in [1.807, 2.05) is 0 Å². The summed E-state index contributed by atoms with van der Waals surface area (Å²) < 4.78 is 26.8. The fourth-order valence-electron chi connectivity index (χ4n) is 2.31. The molecule has 0 unspecified atom stereocenters. The number of hydrogen-bond acceptors (Lipinski definition) is 3. The van der Waals surface area contributed by atoms with Gasteiger partial charge in [-0.3, -0.25) is 0 Å². The van der Waals surface area contributed by atoms with E-state index >= 15 is 0 Å². The van der Waals surface area contributed by atoms with Gasteiger partial charge in [0, 0.05) is 13.1 Å². The third-order valence-corrected chi connectivity index (χ3v) is 6.02. The van der Waals surface area contributed by atoms with E-state index < -0.39 is 10.0 Å². The fraction of sp³-hybridized carbons (Fsp3) is 0.538. The molecule has 2 N–H and O–H groups in total. The van der Waals surface area contributed by atoms with Crippen LogP contribution in [0.1, 0.15) is 25.3 Å². The zero-order valence-corrected chi connectivity index (χ0v) is 12.8. The number of nitrogens with two attached hydrogens (primary N) is 1. The van der Waals surface area contributed by atoms with Gasteiger partial charge >= 0.3 is 0 Å². The number of anilines is 1. The average molecular weight is 303 g/mol. The summed E-state index contributed by atoms with van der Waals surface area (Å²) in [5, 5.41) is 0.392. The highest BCUT2D eigenvalue weighted by molar-refractivity contribution is 7.89. The lowest BCUT2D eigenvalue weighted by molar-refractivity contribution is 0.288. The molecule has 1 saturated heterocycles. The number of piperidine rings is 1. The first-order valence-electron chi connectivity index (χ1n) is 6.38. The molecule has 0 bridgehead atoms. The first-order valence-corrected chi connectivity index (χ1v) is 8.20. The average Bonchev–Trinajstić information content (AvgIpc) is 2.34. The number of benzene rings is 1. The van der Waals surface area contributed by atoms with E-state index in [2.05, 4.69) is 6.92 Å². The van der Waals surface area contributed by atoms with Crippen LogP contribution in [-0.4, -0.2) is 25.8 Å². The summed E-state index contributed by atoms with van der Waals surface area (Å²) in [5.41, 5.74) is 6.66. The smallest absolute Gasteiger partial charge is 0.243 e. The highest BCUT2D eigenvalue weighted by Gasteiger charge is 2.29. The van der Waals surface area contributed by atoms with E-state index in [4.69, 9.17) is 17.3 Å². The normalized spacial score (nSPS) is 18.7. The maximum absolute atomic E-state index is 12.6. The molecule has 1 fully saturated rings. The Morgan fingerprint density at radius 1 is 1.32 bits per heavy atom. The molecular formula is C13H19ClN2O2S. The minimum Gasteiger partial charge on any atom is -0.397 e. The van der Waals surface area contributed by atoms with Crippen molar-refractivity contribution in [2.24, 2.45) is 5.92 Å². The lowest BCUT2D eigenvalue weighted by atomic mass is 10.0. The fourth-order valence-corrected chi connectivity index (χ4v) is 4.24. The van der Waals surface area contributed by atoms with Crippen LogP contribution in [0, 0.1) is 12.8 Å². The molecule has 1 heterocycles. The second-order valence-corrected chi connectivity index (χ2v) is 7.54. The number of halogens is 1. The lowest BCUT2D eigenvalue weighted by Crippen LogP contribution is -2.38. The van der Waals surface area contributed by atoms with E-state index in [9.17, 15) is 8.42 Å². The van der Waals surface area contributed by atoms with Crippen LogP contribution in [0.25, 0.3) is 0 Å². The van der Waals surface area contributed by atoms with E-state index in [0.29, 0.717) is 35.3 Å². The van der Waals surface area contributed by atoms with E-state index in [1.165, 1.54) is 6.07 Å². The summed E-state index contributed by atoms with van der Waals surface area (Å²) in [6, 6.07) is 3.07.